The van der Waals surface area contributed by atoms with E-state index < -0.39 is 17.7 Å². The maximum absolute atomic E-state index is 13.2. The quantitative estimate of drug-likeness (QED) is 0.205. The zero-order valence-electron chi connectivity index (χ0n) is 21.8. The number of nitrogens with zero attached hydrogens (tertiary/aromatic N) is 2. The van der Waals surface area contributed by atoms with Gasteiger partial charge in [-0.25, -0.2) is 0 Å². The molecule has 188 valence electrons. The topological polar surface area (TPSA) is 70.1 Å². The zero-order valence-corrected chi connectivity index (χ0v) is 21.8. The van der Waals surface area contributed by atoms with E-state index in [9.17, 15) is 14.7 Å². The summed E-state index contributed by atoms with van der Waals surface area (Å²) in [5, 5.41) is 11.3. The second-order valence-electron chi connectivity index (χ2n) is 9.87. The summed E-state index contributed by atoms with van der Waals surface area (Å²) in [5.74, 6) is -0.214. The van der Waals surface area contributed by atoms with Crippen LogP contribution in [0.3, 0.4) is 0 Å². The molecule has 3 rings (SSSR count). The molecule has 1 fully saturated rings. The normalized spacial score (nSPS) is 17.3. The highest BCUT2D eigenvalue weighted by Gasteiger charge is 2.45. The van der Waals surface area contributed by atoms with Crippen molar-refractivity contribution in [3.63, 3.8) is 0 Å². The SMILES string of the molecule is CCCCCN1C(=O)C(=O)/C(=C(\O)c2ccc(OCC(C)C)c(C)c2)C1c1ccc(N(C)C)cc1. The van der Waals surface area contributed by atoms with E-state index in [-0.39, 0.29) is 11.3 Å². The minimum Gasteiger partial charge on any atom is -0.507 e. The number of Topliss-reactive ketones (excluding diaryl/α,β-unsaturated/α-hetero) is 1. The van der Waals surface area contributed by atoms with Crippen molar-refractivity contribution in [2.24, 2.45) is 5.92 Å². The van der Waals surface area contributed by atoms with E-state index in [1.807, 2.05) is 62.3 Å². The third-order valence-corrected chi connectivity index (χ3v) is 6.29. The van der Waals surface area contributed by atoms with E-state index in [1.54, 1.807) is 11.0 Å². The zero-order chi connectivity index (χ0) is 25.7. The molecular formula is C29H38N2O4. The number of unbranched alkanes of at least 4 members (excludes halogenated alkanes) is 2. The van der Waals surface area contributed by atoms with Crippen molar-refractivity contribution < 1.29 is 19.4 Å². The number of benzene rings is 2. The van der Waals surface area contributed by atoms with Gasteiger partial charge in [-0.3, -0.25) is 9.59 Å². The highest BCUT2D eigenvalue weighted by molar-refractivity contribution is 6.46. The number of amides is 1. The highest BCUT2D eigenvalue weighted by Crippen LogP contribution is 2.40. The first-order chi connectivity index (χ1) is 16.6. The molecule has 6 nitrogen and oxygen atoms in total. The largest absolute Gasteiger partial charge is 0.507 e. The second kappa shape index (κ2) is 11.4. The van der Waals surface area contributed by atoms with Gasteiger partial charge in [0, 0.05) is 31.9 Å². The highest BCUT2D eigenvalue weighted by atomic mass is 16.5. The van der Waals surface area contributed by atoms with Crippen LogP contribution in [-0.4, -0.2) is 48.9 Å². The Hall–Kier alpha value is -3.28. The van der Waals surface area contributed by atoms with Crippen LogP contribution >= 0.6 is 0 Å². The Morgan fingerprint density at radius 1 is 1.09 bits per heavy atom. The maximum Gasteiger partial charge on any atom is 0.295 e. The molecule has 0 spiro atoms. The molecule has 1 amide bonds. The number of aliphatic hydroxyl groups excluding tert-OH is 1. The third kappa shape index (κ3) is 5.87. The van der Waals surface area contributed by atoms with Crippen LogP contribution in [-0.2, 0) is 9.59 Å². The Labute approximate surface area is 209 Å². The number of likely N-dealkylation sites (tertiary alicyclic amines) is 1. The first-order valence-electron chi connectivity index (χ1n) is 12.4. The van der Waals surface area contributed by atoms with Gasteiger partial charge in [-0.05, 0) is 60.7 Å². The number of hydrogen-bond acceptors (Lipinski definition) is 5. The number of carbonyl (C=O) groups excluding carboxylic acids is 2. The van der Waals surface area contributed by atoms with Gasteiger partial charge in [0.15, 0.2) is 0 Å². The molecule has 1 heterocycles. The number of rotatable bonds is 10. The van der Waals surface area contributed by atoms with Gasteiger partial charge in [0.1, 0.15) is 11.5 Å². The van der Waals surface area contributed by atoms with E-state index in [4.69, 9.17) is 4.74 Å². The number of anilines is 1. The Morgan fingerprint density at radius 2 is 1.77 bits per heavy atom. The maximum atomic E-state index is 13.2. The van der Waals surface area contributed by atoms with Crippen LogP contribution in [0.1, 0.15) is 62.8 Å². The fourth-order valence-corrected chi connectivity index (χ4v) is 4.31. The molecule has 1 unspecified atom stereocenters. The lowest BCUT2D eigenvalue weighted by Gasteiger charge is -2.26. The summed E-state index contributed by atoms with van der Waals surface area (Å²) in [5.41, 5.74) is 3.32. The average molecular weight is 479 g/mol. The van der Waals surface area contributed by atoms with Gasteiger partial charge in [-0.1, -0.05) is 45.7 Å². The van der Waals surface area contributed by atoms with Gasteiger partial charge in [0.2, 0.25) is 0 Å². The number of aryl methyl sites for hydroxylation is 1. The minimum absolute atomic E-state index is 0.138. The molecule has 0 bridgehead atoms. The number of aliphatic hydroxyl groups is 1. The van der Waals surface area contributed by atoms with Crippen molar-refractivity contribution in [2.45, 2.75) is 53.0 Å². The summed E-state index contributed by atoms with van der Waals surface area (Å²) in [4.78, 5) is 29.9. The Kier molecular flexibility index (Phi) is 8.60. The summed E-state index contributed by atoms with van der Waals surface area (Å²) in [6.45, 7) is 9.24. The van der Waals surface area contributed by atoms with E-state index in [0.29, 0.717) is 24.6 Å². The summed E-state index contributed by atoms with van der Waals surface area (Å²) < 4.78 is 5.86. The van der Waals surface area contributed by atoms with Crippen LogP contribution in [0.15, 0.2) is 48.0 Å². The number of hydrogen-bond donors (Lipinski definition) is 1. The van der Waals surface area contributed by atoms with Crippen LogP contribution in [0.4, 0.5) is 5.69 Å². The standard InChI is InChI=1S/C29H38N2O4/c1-7-8-9-16-31-26(21-10-13-23(14-11-21)30(5)6)25(28(33)29(31)34)27(32)22-12-15-24(20(4)17-22)35-18-19(2)3/h10-15,17,19,26,32H,7-9,16,18H2,1-6H3/b27-25-. The molecular weight excluding hydrogens is 440 g/mol. The third-order valence-electron chi connectivity index (χ3n) is 6.29. The Balaban J connectivity index is 2.06. The van der Waals surface area contributed by atoms with E-state index >= 15 is 0 Å². The summed E-state index contributed by atoms with van der Waals surface area (Å²) in [7, 11) is 3.92. The average Bonchev–Trinajstić information content (AvgIpc) is 3.08. The molecule has 0 saturated carbocycles. The molecule has 35 heavy (non-hydrogen) atoms. The van der Waals surface area contributed by atoms with Crippen LogP contribution in [0.25, 0.3) is 5.76 Å². The number of carbonyl (C=O) groups is 2. The molecule has 1 atom stereocenters. The predicted octanol–water partition coefficient (Wildman–Crippen LogP) is 5.71. The summed E-state index contributed by atoms with van der Waals surface area (Å²) in [6.07, 6.45) is 2.78. The van der Waals surface area contributed by atoms with Gasteiger partial charge in [0.05, 0.1) is 18.2 Å². The first kappa shape index (κ1) is 26.3. The van der Waals surface area contributed by atoms with Crippen LogP contribution in [0.5, 0.6) is 5.75 Å². The second-order valence-corrected chi connectivity index (χ2v) is 9.87. The smallest absolute Gasteiger partial charge is 0.295 e. The van der Waals surface area contributed by atoms with E-state index in [2.05, 4.69) is 20.8 Å². The van der Waals surface area contributed by atoms with Crippen molar-refractivity contribution in [1.29, 1.82) is 0 Å². The molecule has 6 heteroatoms. The summed E-state index contributed by atoms with van der Waals surface area (Å²) >= 11 is 0. The van der Waals surface area contributed by atoms with Crippen molar-refractivity contribution >= 4 is 23.1 Å². The fourth-order valence-electron chi connectivity index (χ4n) is 4.31. The molecule has 1 N–H and O–H groups in total. The molecule has 1 aliphatic heterocycles. The molecule has 0 radical (unpaired) electrons. The lowest BCUT2D eigenvalue weighted by atomic mass is 9.94. The van der Waals surface area contributed by atoms with E-state index in [0.717, 1.165) is 41.8 Å². The van der Waals surface area contributed by atoms with E-state index in [1.165, 1.54) is 0 Å². The molecule has 0 aliphatic carbocycles. The van der Waals surface area contributed by atoms with Crippen LogP contribution in [0.2, 0.25) is 0 Å². The Morgan fingerprint density at radius 3 is 2.34 bits per heavy atom. The van der Waals surface area contributed by atoms with Gasteiger partial charge < -0.3 is 19.6 Å². The Bertz CT molecular complexity index is 1090. The van der Waals surface area contributed by atoms with Gasteiger partial charge in [-0.15, -0.1) is 0 Å². The van der Waals surface area contributed by atoms with Crippen molar-refractivity contribution in [1.82, 2.24) is 4.90 Å². The van der Waals surface area contributed by atoms with Gasteiger partial charge >= 0.3 is 0 Å². The van der Waals surface area contributed by atoms with Crippen LogP contribution in [0, 0.1) is 12.8 Å². The predicted molar refractivity (Wildman–Crippen MR) is 141 cm³/mol. The monoisotopic (exact) mass is 478 g/mol. The first-order valence-corrected chi connectivity index (χ1v) is 12.4. The lowest BCUT2D eigenvalue weighted by molar-refractivity contribution is -0.139. The fraction of sp³-hybridized carbons (Fsp3) is 0.448. The minimum atomic E-state index is -0.640. The molecule has 2 aromatic rings. The van der Waals surface area contributed by atoms with Crippen molar-refractivity contribution in [2.75, 3.05) is 32.1 Å². The molecule has 2 aromatic carbocycles. The van der Waals surface area contributed by atoms with Crippen molar-refractivity contribution in [3.8, 4) is 5.75 Å². The lowest BCUT2D eigenvalue weighted by Crippen LogP contribution is -2.30. The molecule has 1 aliphatic rings. The van der Waals surface area contributed by atoms with Gasteiger partial charge in [0.25, 0.3) is 11.7 Å². The molecule has 0 aromatic heterocycles. The summed E-state index contributed by atoms with van der Waals surface area (Å²) in [6, 6.07) is 12.5. The van der Waals surface area contributed by atoms with Crippen LogP contribution < -0.4 is 9.64 Å². The van der Waals surface area contributed by atoms with Gasteiger partial charge in [-0.2, -0.15) is 0 Å². The number of ether oxygens (including phenoxy) is 1. The van der Waals surface area contributed by atoms with Crippen molar-refractivity contribution in [3.05, 3.63) is 64.7 Å². The molecule has 1 saturated heterocycles. The number of ketones is 1.